The molecule has 1 aliphatic heterocycles. The maximum atomic E-state index is 12.1. The van der Waals surface area contributed by atoms with Gasteiger partial charge in [-0.25, -0.2) is 4.79 Å². The van der Waals surface area contributed by atoms with Crippen LogP contribution in [0.15, 0.2) is 0 Å². The van der Waals surface area contributed by atoms with E-state index < -0.39 is 5.60 Å². The summed E-state index contributed by atoms with van der Waals surface area (Å²) in [6, 6.07) is 0. The van der Waals surface area contributed by atoms with Gasteiger partial charge in [0, 0.05) is 0 Å². The number of carbonyl (C=O) groups excluding carboxylic acids is 1. The van der Waals surface area contributed by atoms with Gasteiger partial charge in [-0.05, 0) is 32.1 Å². The molecular weight excluding hydrogens is 216 g/mol. The van der Waals surface area contributed by atoms with Crippen LogP contribution in [0.25, 0.3) is 0 Å². The molecule has 3 heteroatoms. The molecule has 1 fully saturated rings. The topological polar surface area (TPSA) is 38.8 Å². The molecule has 0 amide bonds. The van der Waals surface area contributed by atoms with Gasteiger partial charge >= 0.3 is 5.97 Å². The van der Waals surface area contributed by atoms with Crippen LogP contribution >= 0.6 is 0 Å². The van der Waals surface area contributed by atoms with Crippen molar-refractivity contribution in [3.63, 3.8) is 0 Å². The van der Waals surface area contributed by atoms with Crippen molar-refractivity contribution in [2.24, 2.45) is 5.92 Å². The van der Waals surface area contributed by atoms with Crippen molar-refractivity contribution in [1.82, 2.24) is 0 Å². The second-order valence-electron chi connectivity index (χ2n) is 5.07. The lowest BCUT2D eigenvalue weighted by molar-refractivity contribution is -0.149. The van der Waals surface area contributed by atoms with Crippen molar-refractivity contribution in [2.45, 2.75) is 71.5 Å². The lowest BCUT2D eigenvalue weighted by Crippen LogP contribution is -2.36. The maximum absolute atomic E-state index is 12.1. The van der Waals surface area contributed by atoms with Gasteiger partial charge in [0.15, 0.2) is 5.60 Å². The Labute approximate surface area is 105 Å². The van der Waals surface area contributed by atoms with E-state index in [4.69, 9.17) is 9.47 Å². The van der Waals surface area contributed by atoms with E-state index >= 15 is 0 Å². The first-order valence-corrected chi connectivity index (χ1v) is 6.89. The summed E-state index contributed by atoms with van der Waals surface area (Å²) in [6.07, 6.45) is 3.65. The van der Waals surface area contributed by atoms with Crippen LogP contribution in [0.5, 0.6) is 0 Å². The summed E-state index contributed by atoms with van der Waals surface area (Å²) in [4.78, 5) is 12.1. The molecule has 0 saturated carbocycles. The van der Waals surface area contributed by atoms with Gasteiger partial charge in [-0.2, -0.15) is 0 Å². The Bertz CT molecular complexity index is 277. The summed E-state index contributed by atoms with van der Waals surface area (Å²) in [5.74, 6) is 0.408. The normalized spacial score (nSPS) is 33.2. The molecule has 1 aliphatic rings. The summed E-state index contributed by atoms with van der Waals surface area (Å²) in [5, 5.41) is 0. The summed E-state index contributed by atoms with van der Waals surface area (Å²) < 4.78 is 11.1. The van der Waals surface area contributed by atoms with Gasteiger partial charge < -0.3 is 9.47 Å². The molecule has 0 bridgehead atoms. The second-order valence-corrected chi connectivity index (χ2v) is 5.07. The number of hydrogen-bond acceptors (Lipinski definition) is 3. The lowest BCUT2D eigenvalue weighted by Gasteiger charge is -2.19. The fourth-order valence-electron chi connectivity index (χ4n) is 2.74. The first kappa shape index (κ1) is 14.5. The lowest BCUT2D eigenvalue weighted by atomic mass is 9.81. The van der Waals surface area contributed by atoms with Gasteiger partial charge in [0.2, 0.25) is 0 Å². The fourth-order valence-corrected chi connectivity index (χ4v) is 2.74. The minimum absolute atomic E-state index is 0.173. The van der Waals surface area contributed by atoms with E-state index in [1.807, 2.05) is 13.8 Å². The Kier molecular flexibility index (Phi) is 4.59. The molecule has 1 heterocycles. The molecule has 1 saturated heterocycles. The van der Waals surface area contributed by atoms with Gasteiger partial charge in [-0.15, -0.1) is 0 Å². The molecule has 1 rings (SSSR count). The number of rotatable bonds is 7. The Hall–Kier alpha value is -0.570. The van der Waals surface area contributed by atoms with Crippen LogP contribution in [0.4, 0.5) is 0 Å². The summed E-state index contributed by atoms with van der Waals surface area (Å²) in [7, 11) is 0. The zero-order valence-corrected chi connectivity index (χ0v) is 11.8. The Morgan fingerprint density at radius 3 is 2.29 bits per heavy atom. The highest BCUT2D eigenvalue weighted by Crippen LogP contribution is 2.57. The molecule has 3 atom stereocenters. The minimum Gasteiger partial charge on any atom is -0.464 e. The molecule has 17 heavy (non-hydrogen) atoms. The third-order valence-corrected chi connectivity index (χ3v) is 4.11. The van der Waals surface area contributed by atoms with Crippen molar-refractivity contribution in [3.8, 4) is 0 Å². The van der Waals surface area contributed by atoms with Crippen LogP contribution in [-0.2, 0) is 14.3 Å². The summed E-state index contributed by atoms with van der Waals surface area (Å²) in [6.45, 7) is 10.8. The largest absolute Gasteiger partial charge is 0.464 e. The van der Waals surface area contributed by atoms with Gasteiger partial charge in [0.1, 0.15) is 5.60 Å². The first-order chi connectivity index (χ1) is 8.01. The van der Waals surface area contributed by atoms with Gasteiger partial charge in [-0.3, -0.25) is 0 Å². The SMILES string of the molecule is CCOC(=O)C1(CC)OC1(CC)CC(C)CC. The van der Waals surface area contributed by atoms with Crippen LogP contribution in [0.2, 0.25) is 0 Å². The Balaban J connectivity index is 2.80. The molecule has 3 unspecified atom stereocenters. The maximum Gasteiger partial charge on any atom is 0.341 e. The molecule has 0 aromatic heterocycles. The zero-order chi connectivity index (χ0) is 13.1. The minimum atomic E-state index is -0.665. The number of epoxide rings is 1. The van der Waals surface area contributed by atoms with Crippen LogP contribution in [0.3, 0.4) is 0 Å². The Morgan fingerprint density at radius 2 is 1.88 bits per heavy atom. The highest BCUT2D eigenvalue weighted by Gasteiger charge is 2.73. The first-order valence-electron chi connectivity index (χ1n) is 6.89. The molecule has 0 radical (unpaired) electrons. The van der Waals surface area contributed by atoms with E-state index in [0.29, 0.717) is 18.9 Å². The van der Waals surface area contributed by atoms with E-state index in [2.05, 4.69) is 20.8 Å². The zero-order valence-electron chi connectivity index (χ0n) is 11.8. The molecule has 0 spiro atoms. The molecule has 100 valence electrons. The summed E-state index contributed by atoms with van der Waals surface area (Å²) >= 11 is 0. The average Bonchev–Trinajstić information content (AvgIpc) is 2.99. The highest BCUT2D eigenvalue weighted by molar-refractivity contribution is 5.84. The number of hydrogen-bond donors (Lipinski definition) is 0. The Morgan fingerprint density at radius 1 is 1.24 bits per heavy atom. The molecule has 0 aromatic carbocycles. The summed E-state index contributed by atoms with van der Waals surface area (Å²) in [5.41, 5.74) is -0.940. The van der Waals surface area contributed by atoms with E-state index in [1.54, 1.807) is 0 Å². The van der Waals surface area contributed by atoms with Crippen molar-refractivity contribution in [1.29, 1.82) is 0 Å². The van der Waals surface area contributed by atoms with Gasteiger partial charge in [0.05, 0.1) is 6.61 Å². The molecule has 0 aromatic rings. The second kappa shape index (κ2) is 5.38. The smallest absolute Gasteiger partial charge is 0.341 e. The fraction of sp³-hybridized carbons (Fsp3) is 0.929. The van der Waals surface area contributed by atoms with Gasteiger partial charge in [-0.1, -0.05) is 34.1 Å². The predicted molar refractivity (Wildman–Crippen MR) is 67.8 cm³/mol. The van der Waals surface area contributed by atoms with Crippen LogP contribution in [-0.4, -0.2) is 23.8 Å². The highest BCUT2D eigenvalue weighted by atomic mass is 16.7. The monoisotopic (exact) mass is 242 g/mol. The van der Waals surface area contributed by atoms with Crippen LogP contribution < -0.4 is 0 Å². The van der Waals surface area contributed by atoms with Crippen molar-refractivity contribution in [3.05, 3.63) is 0 Å². The van der Waals surface area contributed by atoms with Crippen LogP contribution in [0, 0.1) is 5.92 Å². The van der Waals surface area contributed by atoms with E-state index in [9.17, 15) is 4.79 Å². The average molecular weight is 242 g/mol. The third kappa shape index (κ3) is 2.35. The molecule has 3 nitrogen and oxygen atoms in total. The standard InChI is InChI=1S/C14H26O3/c1-6-11(5)10-13(7-2)14(8-3,17-13)12(15)16-9-4/h11H,6-10H2,1-5H3. The van der Waals surface area contributed by atoms with E-state index in [-0.39, 0.29) is 11.6 Å². The van der Waals surface area contributed by atoms with Crippen LogP contribution in [0.1, 0.15) is 60.3 Å². The van der Waals surface area contributed by atoms with Gasteiger partial charge in [0.25, 0.3) is 0 Å². The van der Waals surface area contributed by atoms with E-state index in [1.165, 1.54) is 0 Å². The van der Waals surface area contributed by atoms with Crippen molar-refractivity contribution >= 4 is 5.97 Å². The molecular formula is C14H26O3. The van der Waals surface area contributed by atoms with E-state index in [0.717, 1.165) is 19.3 Å². The quantitative estimate of drug-likeness (QED) is 0.508. The number of esters is 1. The van der Waals surface area contributed by atoms with Crippen molar-refractivity contribution in [2.75, 3.05) is 6.61 Å². The predicted octanol–water partition coefficient (Wildman–Crippen LogP) is 3.31. The number of ether oxygens (including phenoxy) is 2. The van der Waals surface area contributed by atoms with Crippen molar-refractivity contribution < 1.29 is 14.3 Å². The number of carbonyl (C=O) groups is 1. The third-order valence-electron chi connectivity index (χ3n) is 4.11. The molecule has 0 aliphatic carbocycles. The molecule has 0 N–H and O–H groups in total.